The molecule has 3 aromatic rings. The minimum Gasteiger partial charge on any atom is -0.508 e. The number of H-pyrrole nitrogens is 1. The summed E-state index contributed by atoms with van der Waals surface area (Å²) in [5.41, 5.74) is 2.87. The normalized spacial score (nSPS) is 13.3. The van der Waals surface area contributed by atoms with Gasteiger partial charge in [-0.15, -0.1) is 11.8 Å². The molecule has 0 saturated heterocycles. The molecular formula is C24H28N2O4S. The molecule has 2 atom stereocenters. The average Bonchev–Trinajstić information content (AvgIpc) is 3.12. The molecule has 1 amide bonds. The van der Waals surface area contributed by atoms with Crippen molar-refractivity contribution in [1.82, 2.24) is 10.3 Å². The Bertz CT molecular complexity index is 1060. The van der Waals surface area contributed by atoms with Crippen LogP contribution in [-0.4, -0.2) is 38.4 Å². The first kappa shape index (κ1) is 22.7. The van der Waals surface area contributed by atoms with Gasteiger partial charge >= 0.3 is 5.97 Å². The maximum atomic E-state index is 13.1. The van der Waals surface area contributed by atoms with E-state index in [9.17, 15) is 19.8 Å². The van der Waals surface area contributed by atoms with Gasteiger partial charge in [-0.3, -0.25) is 4.79 Å². The molecule has 0 radical (unpaired) electrons. The molecule has 6 nitrogen and oxygen atoms in total. The monoisotopic (exact) mass is 440 g/mol. The van der Waals surface area contributed by atoms with Crippen LogP contribution in [0.25, 0.3) is 10.9 Å². The van der Waals surface area contributed by atoms with Crippen molar-refractivity contribution in [2.45, 2.75) is 49.8 Å². The number of carbonyl (C=O) groups is 2. The number of aromatic hydroxyl groups is 1. The number of aromatic amines is 1. The van der Waals surface area contributed by atoms with E-state index in [2.05, 4.69) is 10.3 Å². The number of hydrogen-bond donors (Lipinski definition) is 4. The Morgan fingerprint density at radius 1 is 1.13 bits per heavy atom. The van der Waals surface area contributed by atoms with Gasteiger partial charge in [0.25, 0.3) is 0 Å². The van der Waals surface area contributed by atoms with Crippen LogP contribution >= 0.6 is 11.8 Å². The summed E-state index contributed by atoms with van der Waals surface area (Å²) in [6.45, 7) is 6.13. The van der Waals surface area contributed by atoms with Crippen LogP contribution in [0.5, 0.6) is 5.75 Å². The van der Waals surface area contributed by atoms with E-state index in [-0.39, 0.29) is 24.0 Å². The highest BCUT2D eigenvalue weighted by Crippen LogP contribution is 2.35. The standard InChI is InChI=1S/C24H28N2O4S/c1-14(2)11-20(31-21-13-25-18-6-4-5-15(3)22(18)21)23(28)26-19(24(29)30)12-16-7-9-17(27)10-8-16/h4-10,13-14,19-20,25,27H,11-12H2,1-3H3,(H,26,28)(H,29,30)/t19?,20-/m1/s1. The van der Waals surface area contributed by atoms with Crippen LogP contribution in [0, 0.1) is 12.8 Å². The molecule has 1 unspecified atom stereocenters. The first-order chi connectivity index (χ1) is 14.7. The van der Waals surface area contributed by atoms with Gasteiger partial charge in [-0.05, 0) is 48.6 Å². The third kappa shape index (κ3) is 5.82. The Morgan fingerprint density at radius 3 is 2.48 bits per heavy atom. The predicted molar refractivity (Wildman–Crippen MR) is 124 cm³/mol. The summed E-state index contributed by atoms with van der Waals surface area (Å²) in [6.07, 6.45) is 2.68. The molecule has 164 valence electrons. The lowest BCUT2D eigenvalue weighted by atomic mass is 10.0. The number of carboxylic acid groups (broad SMARTS) is 1. The number of nitrogens with one attached hydrogen (secondary N) is 2. The molecule has 0 aliphatic rings. The van der Waals surface area contributed by atoms with Crippen molar-refractivity contribution in [2.24, 2.45) is 5.92 Å². The van der Waals surface area contributed by atoms with Crippen LogP contribution in [0.15, 0.2) is 53.6 Å². The van der Waals surface area contributed by atoms with Gasteiger partial charge in [0.1, 0.15) is 11.8 Å². The number of aliphatic carboxylic acids is 1. The zero-order valence-electron chi connectivity index (χ0n) is 17.9. The summed E-state index contributed by atoms with van der Waals surface area (Å²) in [5.74, 6) is -0.984. The molecule has 7 heteroatoms. The van der Waals surface area contributed by atoms with E-state index in [4.69, 9.17) is 0 Å². The number of rotatable bonds is 9. The maximum Gasteiger partial charge on any atom is 0.326 e. The van der Waals surface area contributed by atoms with Crippen molar-refractivity contribution in [2.75, 3.05) is 0 Å². The molecule has 0 fully saturated rings. The van der Waals surface area contributed by atoms with Crippen LogP contribution in [-0.2, 0) is 16.0 Å². The number of phenols is 1. The number of benzene rings is 2. The third-order valence-corrected chi connectivity index (χ3v) is 6.38. The molecule has 1 aromatic heterocycles. The highest BCUT2D eigenvalue weighted by Gasteiger charge is 2.28. The number of hydrogen-bond acceptors (Lipinski definition) is 4. The van der Waals surface area contributed by atoms with Gasteiger partial charge in [0.05, 0.1) is 5.25 Å². The van der Waals surface area contributed by atoms with Crippen molar-refractivity contribution in [3.8, 4) is 5.75 Å². The van der Waals surface area contributed by atoms with Gasteiger partial charge in [-0.2, -0.15) is 0 Å². The van der Waals surface area contributed by atoms with Crippen molar-refractivity contribution in [1.29, 1.82) is 0 Å². The fourth-order valence-electron chi connectivity index (χ4n) is 3.55. The van der Waals surface area contributed by atoms with E-state index in [1.54, 1.807) is 12.1 Å². The molecule has 0 spiro atoms. The van der Waals surface area contributed by atoms with Gasteiger partial charge in [0, 0.05) is 28.4 Å². The van der Waals surface area contributed by atoms with E-state index < -0.39 is 17.3 Å². The van der Waals surface area contributed by atoms with Crippen LogP contribution in [0.1, 0.15) is 31.4 Å². The molecule has 2 aromatic carbocycles. The first-order valence-electron chi connectivity index (χ1n) is 10.3. The fraction of sp³-hybridized carbons (Fsp3) is 0.333. The van der Waals surface area contributed by atoms with E-state index >= 15 is 0 Å². The number of aryl methyl sites for hydroxylation is 1. The summed E-state index contributed by atoms with van der Waals surface area (Å²) in [5, 5.41) is 22.5. The molecule has 3 rings (SSSR count). The molecular weight excluding hydrogens is 412 g/mol. The van der Waals surface area contributed by atoms with Crippen molar-refractivity contribution in [3.05, 3.63) is 59.8 Å². The van der Waals surface area contributed by atoms with Gasteiger partial charge in [0.2, 0.25) is 5.91 Å². The minimum atomic E-state index is -1.09. The number of aromatic nitrogens is 1. The lowest BCUT2D eigenvalue weighted by Gasteiger charge is -2.21. The molecule has 0 saturated carbocycles. The number of amides is 1. The van der Waals surface area contributed by atoms with Gasteiger partial charge < -0.3 is 20.5 Å². The van der Waals surface area contributed by atoms with E-state index in [0.29, 0.717) is 6.42 Å². The van der Waals surface area contributed by atoms with Crippen LogP contribution in [0.3, 0.4) is 0 Å². The smallest absolute Gasteiger partial charge is 0.326 e. The molecule has 31 heavy (non-hydrogen) atoms. The number of carboxylic acids is 1. The zero-order chi connectivity index (χ0) is 22.5. The van der Waals surface area contributed by atoms with Crippen LogP contribution in [0.2, 0.25) is 0 Å². The Balaban J connectivity index is 1.79. The second-order valence-electron chi connectivity index (χ2n) is 8.16. The lowest BCUT2D eigenvalue weighted by molar-refractivity contribution is -0.141. The van der Waals surface area contributed by atoms with Crippen molar-refractivity contribution < 1.29 is 19.8 Å². The quantitative estimate of drug-likeness (QED) is 0.367. The van der Waals surface area contributed by atoms with E-state index in [1.807, 2.05) is 45.2 Å². The van der Waals surface area contributed by atoms with Crippen molar-refractivity contribution in [3.63, 3.8) is 0 Å². The molecule has 4 N–H and O–H groups in total. The Morgan fingerprint density at radius 2 is 1.84 bits per heavy atom. The SMILES string of the molecule is Cc1cccc2[nH]cc(S[C@H](CC(C)C)C(=O)NC(Cc3ccc(O)cc3)C(=O)O)c12. The molecule has 0 aliphatic carbocycles. The average molecular weight is 441 g/mol. The highest BCUT2D eigenvalue weighted by atomic mass is 32.2. The fourth-order valence-corrected chi connectivity index (χ4v) is 5.02. The number of fused-ring (bicyclic) bond motifs is 1. The van der Waals surface area contributed by atoms with Crippen LogP contribution in [0.4, 0.5) is 0 Å². The lowest BCUT2D eigenvalue weighted by Crippen LogP contribution is -2.46. The predicted octanol–water partition coefficient (Wildman–Crippen LogP) is 4.50. The van der Waals surface area contributed by atoms with Crippen molar-refractivity contribution >= 4 is 34.5 Å². The minimum absolute atomic E-state index is 0.113. The topological polar surface area (TPSA) is 102 Å². The highest BCUT2D eigenvalue weighted by molar-refractivity contribution is 8.00. The number of thioether (sulfide) groups is 1. The number of phenolic OH excluding ortho intramolecular Hbond substituents is 1. The first-order valence-corrected chi connectivity index (χ1v) is 11.2. The Hall–Kier alpha value is -2.93. The Labute approximate surface area is 186 Å². The van der Waals surface area contributed by atoms with Gasteiger partial charge in [-0.1, -0.05) is 38.1 Å². The molecule has 0 bridgehead atoms. The maximum absolute atomic E-state index is 13.1. The summed E-state index contributed by atoms with van der Waals surface area (Å²) in [4.78, 5) is 29.2. The zero-order valence-corrected chi connectivity index (χ0v) is 18.7. The Kier molecular flexibility index (Phi) is 7.28. The summed E-state index contributed by atoms with van der Waals surface area (Å²) in [6, 6.07) is 11.3. The second-order valence-corrected chi connectivity index (χ2v) is 9.40. The summed E-state index contributed by atoms with van der Waals surface area (Å²) in [7, 11) is 0. The van der Waals surface area contributed by atoms with E-state index in [0.717, 1.165) is 26.9 Å². The third-order valence-electron chi connectivity index (χ3n) is 5.12. The largest absolute Gasteiger partial charge is 0.508 e. The van der Waals surface area contributed by atoms with Gasteiger partial charge in [0.15, 0.2) is 0 Å². The second kappa shape index (κ2) is 9.92. The summed E-state index contributed by atoms with van der Waals surface area (Å²) < 4.78 is 0. The summed E-state index contributed by atoms with van der Waals surface area (Å²) >= 11 is 1.47. The van der Waals surface area contributed by atoms with Crippen LogP contribution < -0.4 is 5.32 Å². The number of carbonyl (C=O) groups excluding carboxylic acids is 1. The van der Waals surface area contributed by atoms with E-state index in [1.165, 1.54) is 23.9 Å². The van der Waals surface area contributed by atoms with Gasteiger partial charge in [-0.25, -0.2) is 4.79 Å². The molecule has 1 heterocycles. The molecule has 0 aliphatic heterocycles.